The molecule has 0 spiro atoms. The Labute approximate surface area is 138 Å². The van der Waals surface area contributed by atoms with Crippen LogP contribution < -0.4 is 0 Å². The normalized spacial score (nSPS) is 11.3. The lowest BCUT2D eigenvalue weighted by Crippen LogP contribution is -2.00. The van der Waals surface area contributed by atoms with Crippen LogP contribution in [0.1, 0.15) is 0 Å². The highest BCUT2D eigenvalue weighted by Gasteiger charge is 2.08. The number of hydrogen-bond donors (Lipinski definition) is 0. The third kappa shape index (κ3) is 1.93. The van der Waals surface area contributed by atoms with E-state index in [2.05, 4.69) is 52.7 Å². The quantitative estimate of drug-likeness (QED) is 0.485. The number of benzene rings is 3. The maximum Gasteiger partial charge on any atom is 0.0741 e. The first-order chi connectivity index (χ1) is 11.9. The number of aromatic nitrogens is 4. The summed E-state index contributed by atoms with van der Waals surface area (Å²) in [4.78, 5) is 0. The molecule has 0 atom stereocenters. The summed E-state index contributed by atoms with van der Waals surface area (Å²) in [6.07, 6.45) is 3.79. The van der Waals surface area contributed by atoms with Crippen molar-refractivity contribution in [1.82, 2.24) is 19.6 Å². The van der Waals surface area contributed by atoms with E-state index in [4.69, 9.17) is 0 Å². The Balaban J connectivity index is 1.69. The van der Waals surface area contributed by atoms with Crippen LogP contribution in [-0.4, -0.2) is 19.6 Å². The van der Waals surface area contributed by atoms with Gasteiger partial charge in [-0.25, -0.2) is 9.36 Å². The zero-order valence-electron chi connectivity index (χ0n) is 12.9. The number of hydrogen-bond acceptors (Lipinski definition) is 2. The molecule has 2 heterocycles. The summed E-state index contributed by atoms with van der Waals surface area (Å²) < 4.78 is 3.93. The number of nitrogens with zero attached hydrogens (tertiary/aromatic N) is 4. The lowest BCUT2D eigenvalue weighted by Gasteiger charge is -2.08. The highest BCUT2D eigenvalue weighted by Crippen LogP contribution is 2.22. The van der Waals surface area contributed by atoms with E-state index in [9.17, 15) is 0 Å². The van der Waals surface area contributed by atoms with E-state index < -0.39 is 0 Å². The van der Waals surface area contributed by atoms with Gasteiger partial charge in [-0.2, -0.15) is 10.2 Å². The maximum atomic E-state index is 4.54. The van der Waals surface area contributed by atoms with Crippen LogP contribution in [0.2, 0.25) is 0 Å². The van der Waals surface area contributed by atoms with Gasteiger partial charge in [0.15, 0.2) is 0 Å². The van der Waals surface area contributed by atoms with Gasteiger partial charge in [-0.3, -0.25) is 0 Å². The monoisotopic (exact) mass is 310 g/mol. The Hall–Kier alpha value is -3.40. The molecule has 0 fully saturated rings. The van der Waals surface area contributed by atoms with Gasteiger partial charge in [-0.05, 0) is 30.3 Å². The summed E-state index contributed by atoms with van der Waals surface area (Å²) in [5.41, 5.74) is 4.24. The predicted molar refractivity (Wildman–Crippen MR) is 95.7 cm³/mol. The van der Waals surface area contributed by atoms with Crippen molar-refractivity contribution in [3.05, 3.63) is 85.2 Å². The van der Waals surface area contributed by atoms with Crippen LogP contribution in [0, 0.1) is 0 Å². The van der Waals surface area contributed by atoms with Gasteiger partial charge in [-0.15, -0.1) is 0 Å². The van der Waals surface area contributed by atoms with Crippen LogP contribution >= 0.6 is 0 Å². The summed E-state index contributed by atoms with van der Waals surface area (Å²) in [7, 11) is 0. The van der Waals surface area contributed by atoms with Gasteiger partial charge in [0, 0.05) is 10.8 Å². The first-order valence-corrected chi connectivity index (χ1v) is 7.86. The average Bonchev–Trinajstić information content (AvgIpc) is 3.26. The molecule has 4 nitrogen and oxygen atoms in total. The smallest absolute Gasteiger partial charge is 0.0741 e. The predicted octanol–water partition coefficient (Wildman–Crippen LogP) is 4.36. The second-order valence-corrected chi connectivity index (χ2v) is 5.75. The van der Waals surface area contributed by atoms with Gasteiger partial charge in [0.1, 0.15) is 0 Å². The molecule has 0 aliphatic heterocycles. The third-order valence-electron chi connectivity index (χ3n) is 4.27. The highest BCUT2D eigenvalue weighted by molar-refractivity contribution is 5.81. The van der Waals surface area contributed by atoms with E-state index in [0.717, 1.165) is 33.2 Å². The van der Waals surface area contributed by atoms with E-state index in [1.165, 1.54) is 0 Å². The summed E-state index contributed by atoms with van der Waals surface area (Å²) in [6, 6.07) is 24.7. The van der Waals surface area contributed by atoms with Crippen LogP contribution in [-0.2, 0) is 0 Å². The molecule has 5 aromatic rings. The third-order valence-corrected chi connectivity index (χ3v) is 4.27. The van der Waals surface area contributed by atoms with Crippen molar-refractivity contribution in [3.8, 4) is 11.4 Å². The fourth-order valence-corrected chi connectivity index (χ4v) is 3.11. The SMILES string of the molecule is c1cc(-n2ncc3ccccc32)cc(-n2ncc3ccccc32)c1. The standard InChI is InChI=1S/C20H14N4/c1-3-10-19-15(6-1)13-21-23(19)17-8-5-9-18(12-17)24-20-11-4-2-7-16(20)14-22-24/h1-14H. The van der Waals surface area contributed by atoms with E-state index in [-0.39, 0.29) is 0 Å². The van der Waals surface area contributed by atoms with Crippen molar-refractivity contribution in [3.63, 3.8) is 0 Å². The first-order valence-electron chi connectivity index (χ1n) is 7.86. The van der Waals surface area contributed by atoms with Crippen LogP contribution in [0.4, 0.5) is 0 Å². The van der Waals surface area contributed by atoms with Crippen molar-refractivity contribution in [2.75, 3.05) is 0 Å². The number of rotatable bonds is 2. The Kier molecular flexibility index (Phi) is 2.76. The second-order valence-electron chi connectivity index (χ2n) is 5.75. The fraction of sp³-hybridized carbons (Fsp3) is 0. The second kappa shape index (κ2) is 5.06. The summed E-state index contributed by atoms with van der Waals surface area (Å²) in [6.45, 7) is 0. The molecule has 24 heavy (non-hydrogen) atoms. The molecule has 0 aliphatic carbocycles. The van der Waals surface area contributed by atoms with E-state index >= 15 is 0 Å². The molecule has 0 unspecified atom stereocenters. The molecule has 114 valence electrons. The van der Waals surface area contributed by atoms with Crippen molar-refractivity contribution in [2.24, 2.45) is 0 Å². The number of fused-ring (bicyclic) bond motifs is 2. The summed E-state index contributed by atoms with van der Waals surface area (Å²) in [5, 5.41) is 11.3. The molecule has 0 aliphatic rings. The van der Waals surface area contributed by atoms with Crippen LogP contribution in [0.25, 0.3) is 33.2 Å². The molecule has 4 heteroatoms. The van der Waals surface area contributed by atoms with Crippen LogP contribution in [0.3, 0.4) is 0 Å². The van der Waals surface area contributed by atoms with Crippen LogP contribution in [0.15, 0.2) is 85.2 Å². The Morgan fingerprint density at radius 3 is 1.58 bits per heavy atom. The molecule has 0 amide bonds. The van der Waals surface area contributed by atoms with Crippen molar-refractivity contribution < 1.29 is 0 Å². The minimum Gasteiger partial charge on any atom is -0.233 e. The Morgan fingerprint density at radius 2 is 1.04 bits per heavy atom. The van der Waals surface area contributed by atoms with Gasteiger partial charge in [-0.1, -0.05) is 42.5 Å². The minimum absolute atomic E-state index is 1.02. The van der Waals surface area contributed by atoms with Gasteiger partial charge in [0.05, 0.1) is 34.8 Å². The van der Waals surface area contributed by atoms with Crippen LogP contribution in [0.5, 0.6) is 0 Å². The largest absolute Gasteiger partial charge is 0.233 e. The zero-order chi connectivity index (χ0) is 15.9. The summed E-state index contributed by atoms with van der Waals surface area (Å²) in [5.74, 6) is 0. The highest BCUT2D eigenvalue weighted by atomic mass is 15.3. The fourth-order valence-electron chi connectivity index (χ4n) is 3.11. The van der Waals surface area contributed by atoms with Crippen molar-refractivity contribution in [1.29, 1.82) is 0 Å². The average molecular weight is 310 g/mol. The molecule has 5 rings (SSSR count). The molecule has 0 saturated heterocycles. The van der Waals surface area contributed by atoms with E-state index in [1.807, 2.05) is 52.1 Å². The molecule has 3 aromatic carbocycles. The molecule has 0 bridgehead atoms. The number of para-hydroxylation sites is 2. The first kappa shape index (κ1) is 13.1. The molecule has 2 aromatic heterocycles. The van der Waals surface area contributed by atoms with Gasteiger partial charge in [0.2, 0.25) is 0 Å². The lowest BCUT2D eigenvalue weighted by atomic mass is 10.2. The van der Waals surface area contributed by atoms with E-state index in [0.29, 0.717) is 0 Å². The van der Waals surface area contributed by atoms with Gasteiger partial charge < -0.3 is 0 Å². The maximum absolute atomic E-state index is 4.54. The molecular weight excluding hydrogens is 296 g/mol. The van der Waals surface area contributed by atoms with Gasteiger partial charge >= 0.3 is 0 Å². The molecule has 0 radical (unpaired) electrons. The molecule has 0 N–H and O–H groups in total. The van der Waals surface area contributed by atoms with Gasteiger partial charge in [0.25, 0.3) is 0 Å². The summed E-state index contributed by atoms with van der Waals surface area (Å²) >= 11 is 0. The van der Waals surface area contributed by atoms with Crippen molar-refractivity contribution >= 4 is 21.8 Å². The molecule has 0 saturated carbocycles. The van der Waals surface area contributed by atoms with Crippen molar-refractivity contribution in [2.45, 2.75) is 0 Å². The van der Waals surface area contributed by atoms with E-state index in [1.54, 1.807) is 0 Å². The minimum atomic E-state index is 1.02. The topological polar surface area (TPSA) is 35.6 Å². The zero-order valence-corrected chi connectivity index (χ0v) is 12.9. The Bertz CT molecular complexity index is 1080. The lowest BCUT2D eigenvalue weighted by molar-refractivity contribution is 0.886. The molecular formula is C20H14N4. The Morgan fingerprint density at radius 1 is 0.542 bits per heavy atom.